The van der Waals surface area contributed by atoms with Crippen LogP contribution in [-0.2, 0) is 9.84 Å². The lowest BCUT2D eigenvalue weighted by atomic mass is 10.1. The predicted octanol–water partition coefficient (Wildman–Crippen LogP) is 0.496. The van der Waals surface area contributed by atoms with E-state index in [2.05, 4.69) is 0 Å². The summed E-state index contributed by atoms with van der Waals surface area (Å²) >= 11 is 0. The maximum atomic E-state index is 11.4. The number of nitrogen functional groups attached to an aromatic ring is 1. The Bertz CT molecular complexity index is 434. The van der Waals surface area contributed by atoms with E-state index in [0.29, 0.717) is 11.3 Å². The zero-order valence-electron chi connectivity index (χ0n) is 7.73. The lowest BCUT2D eigenvalue weighted by molar-refractivity contribution is 0.102. The maximum Gasteiger partial charge on any atom is 0.177 e. The number of Topliss-reactive ketones (excluding diaryl/α,β-unsaturated/α-hetero) is 1. The molecule has 0 amide bonds. The van der Waals surface area contributed by atoms with Crippen LogP contribution in [0, 0.1) is 0 Å². The molecular formula is C9H11NO3S. The van der Waals surface area contributed by atoms with Gasteiger partial charge in [0.2, 0.25) is 0 Å². The summed E-state index contributed by atoms with van der Waals surface area (Å²) in [5.74, 6) is -0.871. The van der Waals surface area contributed by atoms with Crippen LogP contribution >= 0.6 is 0 Å². The fraction of sp³-hybridized carbons (Fsp3) is 0.222. The third kappa shape index (κ3) is 3.18. The molecule has 0 spiro atoms. The Morgan fingerprint density at radius 3 is 2.21 bits per heavy atom. The highest BCUT2D eigenvalue weighted by atomic mass is 32.2. The average molecular weight is 213 g/mol. The Labute approximate surface area is 82.7 Å². The van der Waals surface area contributed by atoms with Crippen LogP contribution in [-0.4, -0.2) is 26.2 Å². The molecule has 0 saturated carbocycles. The average Bonchev–Trinajstić information content (AvgIpc) is 2.02. The van der Waals surface area contributed by atoms with E-state index in [0.717, 1.165) is 6.26 Å². The molecule has 0 aliphatic rings. The van der Waals surface area contributed by atoms with Crippen LogP contribution in [0.5, 0.6) is 0 Å². The minimum absolute atomic E-state index is 0.365. The van der Waals surface area contributed by atoms with Crippen molar-refractivity contribution < 1.29 is 13.2 Å². The number of benzene rings is 1. The van der Waals surface area contributed by atoms with Gasteiger partial charge in [0.1, 0.15) is 5.75 Å². The molecule has 0 saturated heterocycles. The first-order valence-electron chi connectivity index (χ1n) is 3.95. The van der Waals surface area contributed by atoms with Crippen LogP contribution < -0.4 is 5.73 Å². The SMILES string of the molecule is CS(=O)(=O)CC(=O)c1ccc(N)cc1. The molecule has 0 fully saturated rings. The molecule has 76 valence electrons. The molecule has 0 radical (unpaired) electrons. The molecule has 4 nitrogen and oxygen atoms in total. The van der Waals surface area contributed by atoms with Gasteiger partial charge < -0.3 is 5.73 Å². The summed E-state index contributed by atoms with van der Waals surface area (Å²) in [5.41, 5.74) is 6.33. The minimum atomic E-state index is -3.26. The lowest BCUT2D eigenvalue weighted by Gasteiger charge is -1.99. The summed E-state index contributed by atoms with van der Waals surface area (Å²) in [7, 11) is -3.26. The van der Waals surface area contributed by atoms with Gasteiger partial charge in [0.25, 0.3) is 0 Å². The van der Waals surface area contributed by atoms with Crippen molar-refractivity contribution in [1.29, 1.82) is 0 Å². The van der Waals surface area contributed by atoms with Crippen molar-refractivity contribution >= 4 is 21.3 Å². The van der Waals surface area contributed by atoms with Crippen molar-refractivity contribution in [3.63, 3.8) is 0 Å². The van der Waals surface area contributed by atoms with Crippen LogP contribution in [0.25, 0.3) is 0 Å². The van der Waals surface area contributed by atoms with E-state index >= 15 is 0 Å². The second kappa shape index (κ2) is 3.79. The highest BCUT2D eigenvalue weighted by molar-refractivity contribution is 7.91. The maximum absolute atomic E-state index is 11.4. The van der Waals surface area contributed by atoms with Gasteiger partial charge in [-0.1, -0.05) is 0 Å². The van der Waals surface area contributed by atoms with Crippen LogP contribution in [0.3, 0.4) is 0 Å². The van der Waals surface area contributed by atoms with Crippen molar-refractivity contribution in [2.75, 3.05) is 17.7 Å². The van der Waals surface area contributed by atoms with Gasteiger partial charge in [-0.05, 0) is 24.3 Å². The number of anilines is 1. The molecule has 1 aromatic rings. The fourth-order valence-electron chi connectivity index (χ4n) is 0.990. The van der Waals surface area contributed by atoms with Gasteiger partial charge in [-0.25, -0.2) is 8.42 Å². The van der Waals surface area contributed by atoms with E-state index < -0.39 is 21.4 Å². The normalized spacial score (nSPS) is 11.2. The van der Waals surface area contributed by atoms with Gasteiger partial charge in [0.15, 0.2) is 15.6 Å². The summed E-state index contributed by atoms with van der Waals surface area (Å²) in [4.78, 5) is 11.4. The van der Waals surface area contributed by atoms with Crippen LogP contribution in [0.4, 0.5) is 5.69 Å². The van der Waals surface area contributed by atoms with Gasteiger partial charge in [-0.2, -0.15) is 0 Å². The van der Waals surface area contributed by atoms with E-state index in [1.807, 2.05) is 0 Å². The highest BCUT2D eigenvalue weighted by Gasteiger charge is 2.12. The molecule has 0 heterocycles. The predicted molar refractivity (Wildman–Crippen MR) is 54.9 cm³/mol. The number of carbonyl (C=O) groups is 1. The molecule has 1 rings (SSSR count). The van der Waals surface area contributed by atoms with Gasteiger partial charge in [-0.15, -0.1) is 0 Å². The molecule has 1 aromatic carbocycles. The quantitative estimate of drug-likeness (QED) is 0.585. The highest BCUT2D eigenvalue weighted by Crippen LogP contribution is 2.07. The Morgan fingerprint density at radius 1 is 1.29 bits per heavy atom. The Balaban J connectivity index is 2.86. The largest absolute Gasteiger partial charge is 0.399 e. The molecule has 0 aliphatic heterocycles. The summed E-state index contributed by atoms with van der Waals surface area (Å²) in [6, 6.07) is 6.16. The topological polar surface area (TPSA) is 77.2 Å². The third-order valence-corrected chi connectivity index (χ3v) is 2.41. The second-order valence-corrected chi connectivity index (χ2v) is 5.26. The second-order valence-electron chi connectivity index (χ2n) is 3.12. The molecule has 0 bridgehead atoms. The van der Waals surface area contributed by atoms with E-state index in [1.165, 1.54) is 12.1 Å². The zero-order valence-corrected chi connectivity index (χ0v) is 8.54. The molecular weight excluding hydrogens is 202 g/mol. The van der Waals surface area contributed by atoms with E-state index in [4.69, 9.17) is 5.73 Å². The van der Waals surface area contributed by atoms with Crippen molar-refractivity contribution in [1.82, 2.24) is 0 Å². The number of hydrogen-bond donors (Lipinski definition) is 1. The lowest BCUT2D eigenvalue weighted by Crippen LogP contribution is -2.14. The van der Waals surface area contributed by atoms with Crippen LogP contribution in [0.2, 0.25) is 0 Å². The first-order chi connectivity index (χ1) is 6.38. The number of sulfone groups is 1. The summed E-state index contributed by atoms with van der Waals surface area (Å²) in [6.45, 7) is 0. The van der Waals surface area contributed by atoms with Gasteiger partial charge in [-0.3, -0.25) is 4.79 Å². The van der Waals surface area contributed by atoms with Gasteiger partial charge in [0, 0.05) is 17.5 Å². The van der Waals surface area contributed by atoms with Gasteiger partial charge in [0.05, 0.1) is 0 Å². The summed E-state index contributed by atoms with van der Waals surface area (Å²) < 4.78 is 21.7. The molecule has 14 heavy (non-hydrogen) atoms. The molecule has 0 aliphatic carbocycles. The van der Waals surface area contributed by atoms with Crippen molar-refractivity contribution in [3.05, 3.63) is 29.8 Å². The Hall–Kier alpha value is -1.36. The van der Waals surface area contributed by atoms with Gasteiger partial charge >= 0.3 is 0 Å². The third-order valence-electron chi connectivity index (χ3n) is 1.63. The molecule has 0 aromatic heterocycles. The Morgan fingerprint density at radius 2 is 1.79 bits per heavy atom. The smallest absolute Gasteiger partial charge is 0.177 e. The van der Waals surface area contributed by atoms with Crippen molar-refractivity contribution in [2.45, 2.75) is 0 Å². The van der Waals surface area contributed by atoms with Crippen LogP contribution in [0.15, 0.2) is 24.3 Å². The van der Waals surface area contributed by atoms with Crippen molar-refractivity contribution in [2.24, 2.45) is 0 Å². The monoisotopic (exact) mass is 213 g/mol. The number of hydrogen-bond acceptors (Lipinski definition) is 4. The minimum Gasteiger partial charge on any atom is -0.399 e. The number of carbonyl (C=O) groups excluding carboxylic acids is 1. The zero-order chi connectivity index (χ0) is 10.8. The standard InChI is InChI=1S/C9H11NO3S/c1-14(12,13)6-9(11)7-2-4-8(10)5-3-7/h2-5H,6,10H2,1H3. The number of nitrogens with two attached hydrogens (primary N) is 1. The molecule has 0 atom stereocenters. The summed E-state index contributed by atoms with van der Waals surface area (Å²) in [6.07, 6.45) is 1.03. The Kier molecular flexibility index (Phi) is 2.90. The number of rotatable bonds is 3. The van der Waals surface area contributed by atoms with E-state index in [1.54, 1.807) is 12.1 Å². The number of ketones is 1. The molecule has 2 N–H and O–H groups in total. The first kappa shape index (κ1) is 10.7. The molecule has 5 heteroatoms. The van der Waals surface area contributed by atoms with E-state index in [9.17, 15) is 13.2 Å². The summed E-state index contributed by atoms with van der Waals surface area (Å²) in [5, 5.41) is 0. The van der Waals surface area contributed by atoms with Crippen molar-refractivity contribution in [3.8, 4) is 0 Å². The van der Waals surface area contributed by atoms with E-state index in [-0.39, 0.29) is 0 Å². The fourth-order valence-corrected chi connectivity index (χ4v) is 1.63. The molecule has 0 unspecified atom stereocenters. The first-order valence-corrected chi connectivity index (χ1v) is 6.01. The van der Waals surface area contributed by atoms with Crippen LogP contribution in [0.1, 0.15) is 10.4 Å².